The van der Waals surface area contributed by atoms with E-state index >= 15 is 0 Å². The highest BCUT2D eigenvalue weighted by Gasteiger charge is 2.34. The summed E-state index contributed by atoms with van der Waals surface area (Å²) >= 11 is 5.36. The quantitative estimate of drug-likeness (QED) is 0.841. The van der Waals surface area contributed by atoms with Crippen molar-refractivity contribution in [3.63, 3.8) is 0 Å². The van der Waals surface area contributed by atoms with E-state index in [1.165, 1.54) is 6.07 Å². The highest BCUT2D eigenvalue weighted by molar-refractivity contribution is 6.18. The number of hydrogen-bond acceptors (Lipinski definition) is 2. The maximum absolute atomic E-state index is 12.6. The van der Waals surface area contributed by atoms with E-state index in [0.717, 1.165) is 19.2 Å². The van der Waals surface area contributed by atoms with Gasteiger partial charge in [0, 0.05) is 0 Å². The second-order valence-electron chi connectivity index (χ2n) is 3.13. The van der Waals surface area contributed by atoms with Crippen LogP contribution in [0.25, 0.3) is 0 Å². The molecule has 6 heteroatoms. The third-order valence-electron chi connectivity index (χ3n) is 2.06. The second kappa shape index (κ2) is 4.93. The summed E-state index contributed by atoms with van der Waals surface area (Å²) in [6.07, 6.45) is -5.64. The molecule has 1 unspecified atom stereocenters. The number of benzene rings is 1. The van der Waals surface area contributed by atoms with Gasteiger partial charge in [-0.3, -0.25) is 0 Å². The van der Waals surface area contributed by atoms with Crippen LogP contribution >= 0.6 is 11.6 Å². The Bertz CT molecular complexity index is 366. The fraction of sp³-hybridized carbons (Fsp3) is 0.400. The van der Waals surface area contributed by atoms with Crippen molar-refractivity contribution < 1.29 is 23.0 Å². The van der Waals surface area contributed by atoms with E-state index in [9.17, 15) is 18.3 Å². The number of aliphatic hydroxyl groups is 1. The summed E-state index contributed by atoms with van der Waals surface area (Å²) in [5, 5.41) is 9.34. The number of hydrogen-bond donors (Lipinski definition) is 1. The van der Waals surface area contributed by atoms with E-state index in [1.807, 2.05) is 0 Å². The van der Waals surface area contributed by atoms with Gasteiger partial charge >= 0.3 is 6.18 Å². The van der Waals surface area contributed by atoms with E-state index in [2.05, 4.69) is 4.74 Å². The number of alkyl halides is 4. The molecule has 0 amide bonds. The van der Waals surface area contributed by atoms with Crippen LogP contribution < -0.4 is 4.74 Å². The van der Waals surface area contributed by atoms with E-state index in [1.54, 1.807) is 0 Å². The van der Waals surface area contributed by atoms with Gasteiger partial charge in [0.15, 0.2) is 0 Å². The average molecular weight is 255 g/mol. The van der Waals surface area contributed by atoms with Gasteiger partial charge in [0.05, 0.1) is 24.7 Å². The lowest BCUT2D eigenvalue weighted by Crippen LogP contribution is -2.09. The first-order valence-electron chi connectivity index (χ1n) is 4.39. The van der Waals surface area contributed by atoms with Gasteiger partial charge < -0.3 is 9.84 Å². The fourth-order valence-electron chi connectivity index (χ4n) is 1.24. The molecular weight excluding hydrogens is 245 g/mol. The van der Waals surface area contributed by atoms with Crippen molar-refractivity contribution in [2.45, 2.75) is 12.3 Å². The summed E-state index contributed by atoms with van der Waals surface area (Å²) in [6.45, 7) is 0. The molecule has 0 aliphatic heterocycles. The summed E-state index contributed by atoms with van der Waals surface area (Å²) in [4.78, 5) is 0. The molecule has 1 atom stereocenters. The Morgan fingerprint density at radius 2 is 2.06 bits per heavy atom. The Morgan fingerprint density at radius 1 is 1.44 bits per heavy atom. The van der Waals surface area contributed by atoms with E-state index < -0.39 is 17.8 Å². The number of ether oxygens (including phenoxy) is 1. The number of halogens is 4. The molecule has 1 N–H and O–H groups in total. The van der Waals surface area contributed by atoms with Crippen LogP contribution in [0.3, 0.4) is 0 Å². The largest absolute Gasteiger partial charge is 0.496 e. The zero-order valence-electron chi connectivity index (χ0n) is 8.38. The third kappa shape index (κ3) is 2.80. The molecule has 16 heavy (non-hydrogen) atoms. The summed E-state index contributed by atoms with van der Waals surface area (Å²) < 4.78 is 42.4. The monoisotopic (exact) mass is 254 g/mol. The summed E-state index contributed by atoms with van der Waals surface area (Å²) in [5.74, 6) is -0.443. The Hall–Kier alpha value is -0.940. The van der Waals surface area contributed by atoms with E-state index in [0.29, 0.717) is 0 Å². The zero-order valence-corrected chi connectivity index (χ0v) is 9.14. The Kier molecular flexibility index (Phi) is 4.04. The van der Waals surface area contributed by atoms with Crippen LogP contribution in [0.5, 0.6) is 5.75 Å². The summed E-state index contributed by atoms with van der Waals surface area (Å²) in [6, 6.07) is 3.35. The second-order valence-corrected chi connectivity index (χ2v) is 3.44. The van der Waals surface area contributed by atoms with Gasteiger partial charge in [-0.05, 0) is 17.7 Å². The number of methoxy groups -OCH3 is 1. The molecule has 0 spiro atoms. The molecule has 0 aromatic heterocycles. The Morgan fingerprint density at radius 3 is 2.50 bits per heavy atom. The highest BCUT2D eigenvalue weighted by Crippen LogP contribution is 2.37. The topological polar surface area (TPSA) is 29.5 Å². The smallest absolute Gasteiger partial charge is 0.419 e. The van der Waals surface area contributed by atoms with Gasteiger partial charge in [0.1, 0.15) is 5.75 Å². The minimum atomic E-state index is -4.52. The van der Waals surface area contributed by atoms with Crippen molar-refractivity contribution in [1.29, 1.82) is 0 Å². The van der Waals surface area contributed by atoms with E-state index in [4.69, 9.17) is 11.6 Å². The molecule has 0 radical (unpaired) electrons. The minimum Gasteiger partial charge on any atom is -0.496 e. The van der Waals surface area contributed by atoms with Gasteiger partial charge in [-0.25, -0.2) is 0 Å². The lowest BCUT2D eigenvalue weighted by atomic mass is 10.1. The van der Waals surface area contributed by atoms with Gasteiger partial charge in [0.25, 0.3) is 0 Å². The molecule has 1 aromatic carbocycles. The van der Waals surface area contributed by atoms with Crippen LogP contribution in [0.2, 0.25) is 0 Å². The molecule has 0 aliphatic rings. The van der Waals surface area contributed by atoms with Crippen LogP contribution in [-0.2, 0) is 6.18 Å². The molecule has 0 heterocycles. The van der Waals surface area contributed by atoms with Crippen LogP contribution in [0.1, 0.15) is 17.2 Å². The Labute approximate surface area is 95.6 Å². The fourth-order valence-corrected chi connectivity index (χ4v) is 1.42. The lowest BCUT2D eigenvalue weighted by Gasteiger charge is -2.15. The predicted octanol–water partition coefficient (Wildman–Crippen LogP) is 2.99. The summed E-state index contributed by atoms with van der Waals surface area (Å²) in [5.41, 5.74) is -0.806. The van der Waals surface area contributed by atoms with Gasteiger partial charge in [-0.15, -0.1) is 11.6 Å². The first kappa shape index (κ1) is 13.1. The van der Waals surface area contributed by atoms with Gasteiger partial charge in [-0.2, -0.15) is 13.2 Å². The van der Waals surface area contributed by atoms with E-state index in [-0.39, 0.29) is 17.2 Å². The van der Waals surface area contributed by atoms with Crippen molar-refractivity contribution in [3.05, 3.63) is 29.3 Å². The van der Waals surface area contributed by atoms with Crippen molar-refractivity contribution in [1.82, 2.24) is 0 Å². The summed E-state index contributed by atoms with van der Waals surface area (Å²) in [7, 11) is 1.15. The van der Waals surface area contributed by atoms with Crippen molar-refractivity contribution >= 4 is 11.6 Å². The SMILES string of the molecule is COc1ccc(C(O)CCl)cc1C(F)(F)F. The molecule has 2 nitrogen and oxygen atoms in total. The molecule has 1 rings (SSSR count). The van der Waals surface area contributed by atoms with Crippen LogP contribution in [0.15, 0.2) is 18.2 Å². The molecule has 0 fully saturated rings. The number of aliphatic hydroxyl groups excluding tert-OH is 1. The van der Waals surface area contributed by atoms with Crippen molar-refractivity contribution in [2.75, 3.05) is 13.0 Å². The third-order valence-corrected chi connectivity index (χ3v) is 2.35. The molecule has 0 bridgehead atoms. The average Bonchev–Trinajstić information content (AvgIpc) is 2.26. The standard InChI is InChI=1S/C10H10ClF3O2/c1-16-9-3-2-6(8(15)5-11)4-7(9)10(12,13)14/h2-4,8,15H,5H2,1H3. The Balaban J connectivity index is 3.22. The van der Waals surface area contributed by atoms with Crippen molar-refractivity contribution in [3.8, 4) is 5.75 Å². The maximum Gasteiger partial charge on any atom is 0.419 e. The van der Waals surface area contributed by atoms with Gasteiger partial charge in [-0.1, -0.05) is 6.07 Å². The highest BCUT2D eigenvalue weighted by atomic mass is 35.5. The zero-order chi connectivity index (χ0) is 12.3. The molecule has 0 aliphatic carbocycles. The van der Waals surface area contributed by atoms with Crippen LogP contribution in [0.4, 0.5) is 13.2 Å². The van der Waals surface area contributed by atoms with Gasteiger partial charge in [0.2, 0.25) is 0 Å². The molecule has 0 saturated heterocycles. The molecule has 0 saturated carbocycles. The molecular formula is C10H10ClF3O2. The predicted molar refractivity (Wildman–Crippen MR) is 53.7 cm³/mol. The molecule has 90 valence electrons. The lowest BCUT2D eigenvalue weighted by molar-refractivity contribution is -0.138. The maximum atomic E-state index is 12.6. The molecule has 1 aromatic rings. The minimum absolute atomic E-state index is 0.114. The van der Waals surface area contributed by atoms with Crippen LogP contribution in [0, 0.1) is 0 Å². The normalized spacial score (nSPS) is 13.6. The van der Waals surface area contributed by atoms with Crippen LogP contribution in [-0.4, -0.2) is 18.1 Å². The van der Waals surface area contributed by atoms with Crippen molar-refractivity contribution in [2.24, 2.45) is 0 Å². The first-order valence-corrected chi connectivity index (χ1v) is 4.92. The number of rotatable bonds is 3. The first-order chi connectivity index (χ1) is 7.40.